The topological polar surface area (TPSA) is 85.1 Å². The molecule has 1 aromatic carbocycles. The molecular weight excluding hydrogens is 311 g/mol. The molecule has 0 spiro atoms. The number of halogens is 3. The van der Waals surface area contributed by atoms with Gasteiger partial charge in [0.25, 0.3) is 12.3 Å². The lowest BCUT2D eigenvalue weighted by Gasteiger charge is -2.02. The van der Waals surface area contributed by atoms with Crippen LogP contribution < -0.4 is 4.72 Å². The largest absolute Gasteiger partial charge is 0.334 e. The molecule has 0 aliphatic heterocycles. The third-order valence-corrected chi connectivity index (χ3v) is 3.84. The highest BCUT2D eigenvalue weighted by atomic mass is 32.2. The molecule has 1 aromatic heterocycles. The van der Waals surface area contributed by atoms with Gasteiger partial charge >= 0.3 is 0 Å². The van der Waals surface area contributed by atoms with Gasteiger partial charge in [0.15, 0.2) is 5.82 Å². The van der Waals surface area contributed by atoms with Crippen LogP contribution in [-0.2, 0) is 15.8 Å². The first-order valence-corrected chi connectivity index (χ1v) is 7.29. The summed E-state index contributed by atoms with van der Waals surface area (Å²) in [5.74, 6) is -1.90. The number of alkyl halides is 2. The third kappa shape index (κ3) is 3.58. The van der Waals surface area contributed by atoms with Crippen LogP contribution in [0.3, 0.4) is 0 Å². The number of rotatable bonds is 5. The number of nitrogens with one attached hydrogen (secondary N) is 1. The van der Waals surface area contributed by atoms with E-state index in [9.17, 15) is 21.6 Å². The van der Waals surface area contributed by atoms with Crippen molar-refractivity contribution in [3.05, 3.63) is 35.4 Å². The maximum atomic E-state index is 13.4. The predicted octanol–water partition coefficient (Wildman–Crippen LogP) is 1.86. The number of sulfonamides is 1. The van der Waals surface area contributed by atoms with Gasteiger partial charge in [-0.05, 0) is 25.2 Å². The first-order valence-electron chi connectivity index (χ1n) is 5.64. The lowest BCUT2D eigenvalue weighted by atomic mass is 10.1. The summed E-state index contributed by atoms with van der Waals surface area (Å²) in [6.45, 7) is 0. The Labute approximate surface area is 118 Å². The highest BCUT2D eigenvalue weighted by Crippen LogP contribution is 2.26. The van der Waals surface area contributed by atoms with Crippen LogP contribution in [0.15, 0.2) is 22.7 Å². The summed E-state index contributed by atoms with van der Waals surface area (Å²) in [6, 6.07) is 2.92. The van der Waals surface area contributed by atoms with Gasteiger partial charge in [-0.2, -0.15) is 4.98 Å². The average molecular weight is 321 g/mol. The lowest BCUT2D eigenvalue weighted by Crippen LogP contribution is -2.20. The molecule has 0 saturated heterocycles. The molecule has 2 rings (SSSR count). The van der Waals surface area contributed by atoms with Gasteiger partial charge in [0.2, 0.25) is 10.0 Å². The van der Waals surface area contributed by atoms with E-state index in [1.165, 1.54) is 13.1 Å². The van der Waals surface area contributed by atoms with E-state index in [0.29, 0.717) is 0 Å². The quantitative estimate of drug-likeness (QED) is 0.908. The molecule has 114 valence electrons. The summed E-state index contributed by atoms with van der Waals surface area (Å²) in [5.41, 5.74) is -0.659. The number of aromatic nitrogens is 2. The van der Waals surface area contributed by atoms with Crippen molar-refractivity contribution >= 4 is 10.0 Å². The number of benzene rings is 1. The third-order valence-electron chi connectivity index (χ3n) is 2.58. The van der Waals surface area contributed by atoms with Crippen LogP contribution in [0.2, 0.25) is 0 Å². The van der Waals surface area contributed by atoms with E-state index in [1.54, 1.807) is 0 Å². The maximum Gasteiger partial charge on any atom is 0.266 e. The van der Waals surface area contributed by atoms with Crippen LogP contribution in [0.4, 0.5) is 13.2 Å². The van der Waals surface area contributed by atoms with E-state index in [1.807, 2.05) is 0 Å². The van der Waals surface area contributed by atoms with Crippen LogP contribution in [0.5, 0.6) is 0 Å². The second kappa shape index (κ2) is 5.82. The fraction of sp³-hybridized carbons (Fsp3) is 0.273. The second-order valence-corrected chi connectivity index (χ2v) is 5.94. The summed E-state index contributed by atoms with van der Waals surface area (Å²) >= 11 is 0. The molecule has 0 atom stereocenters. The summed E-state index contributed by atoms with van der Waals surface area (Å²) in [6.07, 6.45) is -2.93. The van der Waals surface area contributed by atoms with Crippen molar-refractivity contribution in [1.29, 1.82) is 0 Å². The molecule has 0 bridgehead atoms. The molecule has 10 heteroatoms. The van der Waals surface area contributed by atoms with Gasteiger partial charge in [0.1, 0.15) is 11.6 Å². The van der Waals surface area contributed by atoms with Crippen molar-refractivity contribution < 1.29 is 26.1 Å². The Hall–Kier alpha value is -1.94. The molecule has 0 aliphatic carbocycles. The zero-order valence-electron chi connectivity index (χ0n) is 10.7. The number of hydrogen-bond acceptors (Lipinski definition) is 5. The molecule has 6 nitrogen and oxygen atoms in total. The van der Waals surface area contributed by atoms with Crippen molar-refractivity contribution in [3.63, 3.8) is 0 Å². The molecule has 21 heavy (non-hydrogen) atoms. The van der Waals surface area contributed by atoms with E-state index in [0.717, 1.165) is 12.1 Å². The maximum absolute atomic E-state index is 13.4. The van der Waals surface area contributed by atoms with Crippen molar-refractivity contribution in [2.45, 2.75) is 12.2 Å². The summed E-state index contributed by atoms with van der Waals surface area (Å²) in [4.78, 5) is 3.78. The van der Waals surface area contributed by atoms with E-state index in [4.69, 9.17) is 4.52 Å². The number of hydrogen-bond donors (Lipinski definition) is 1. The predicted molar refractivity (Wildman–Crippen MR) is 66.3 cm³/mol. The van der Waals surface area contributed by atoms with Crippen LogP contribution in [0.1, 0.15) is 17.8 Å². The van der Waals surface area contributed by atoms with Crippen molar-refractivity contribution in [1.82, 2.24) is 14.9 Å². The SMILES string of the molecule is CNS(=O)(=O)Cc1noc(-c2ccc(C(F)F)c(F)c2)n1. The minimum atomic E-state index is -3.58. The minimum Gasteiger partial charge on any atom is -0.334 e. The smallest absolute Gasteiger partial charge is 0.266 e. The van der Waals surface area contributed by atoms with Gasteiger partial charge in [-0.1, -0.05) is 5.16 Å². The lowest BCUT2D eigenvalue weighted by molar-refractivity contribution is 0.146. The number of nitrogens with zero attached hydrogens (tertiary/aromatic N) is 2. The Morgan fingerprint density at radius 2 is 2.10 bits per heavy atom. The van der Waals surface area contributed by atoms with Crippen molar-refractivity contribution in [2.75, 3.05) is 7.05 Å². The van der Waals surface area contributed by atoms with E-state index in [-0.39, 0.29) is 17.3 Å². The molecule has 1 N–H and O–H groups in total. The summed E-state index contributed by atoms with van der Waals surface area (Å²) in [5, 5.41) is 3.44. The van der Waals surface area contributed by atoms with E-state index in [2.05, 4.69) is 14.9 Å². The minimum absolute atomic E-state index is 0.0810. The molecule has 0 radical (unpaired) electrons. The van der Waals surface area contributed by atoms with Gasteiger partial charge in [0.05, 0.1) is 5.56 Å². The Kier molecular flexibility index (Phi) is 4.28. The second-order valence-electron chi connectivity index (χ2n) is 4.02. The molecule has 0 fully saturated rings. The Balaban J connectivity index is 2.28. The monoisotopic (exact) mass is 321 g/mol. The van der Waals surface area contributed by atoms with Gasteiger partial charge in [-0.25, -0.2) is 26.3 Å². The van der Waals surface area contributed by atoms with E-state index < -0.39 is 33.6 Å². The van der Waals surface area contributed by atoms with Crippen LogP contribution in [0.25, 0.3) is 11.5 Å². The fourth-order valence-corrected chi connectivity index (χ4v) is 2.11. The highest BCUT2D eigenvalue weighted by molar-refractivity contribution is 7.88. The Morgan fingerprint density at radius 3 is 2.67 bits per heavy atom. The van der Waals surface area contributed by atoms with Gasteiger partial charge in [0, 0.05) is 5.56 Å². The first-order chi connectivity index (χ1) is 9.82. The zero-order valence-corrected chi connectivity index (χ0v) is 11.5. The molecule has 0 aliphatic rings. The molecule has 0 saturated carbocycles. The molecule has 2 aromatic rings. The first kappa shape index (κ1) is 15.4. The van der Waals surface area contributed by atoms with Gasteiger partial charge in [-0.3, -0.25) is 0 Å². The van der Waals surface area contributed by atoms with Crippen molar-refractivity contribution in [2.24, 2.45) is 0 Å². The molecule has 1 heterocycles. The van der Waals surface area contributed by atoms with Crippen LogP contribution >= 0.6 is 0 Å². The van der Waals surface area contributed by atoms with Crippen LogP contribution in [-0.4, -0.2) is 25.6 Å². The van der Waals surface area contributed by atoms with Crippen LogP contribution in [0, 0.1) is 5.82 Å². The standard InChI is InChI=1S/C11H10F3N3O3S/c1-15-21(18,19)5-9-16-11(20-17-9)6-2-3-7(10(13)14)8(12)4-6/h2-4,10,15H,5H2,1H3. The average Bonchev–Trinajstić information content (AvgIpc) is 2.86. The van der Waals surface area contributed by atoms with Gasteiger partial charge < -0.3 is 4.52 Å². The highest BCUT2D eigenvalue weighted by Gasteiger charge is 2.18. The zero-order chi connectivity index (χ0) is 15.6. The Bertz CT molecular complexity index is 746. The van der Waals surface area contributed by atoms with Gasteiger partial charge in [-0.15, -0.1) is 0 Å². The molecular formula is C11H10F3N3O3S. The van der Waals surface area contributed by atoms with E-state index >= 15 is 0 Å². The van der Waals surface area contributed by atoms with Crippen molar-refractivity contribution in [3.8, 4) is 11.5 Å². The molecule has 0 amide bonds. The Morgan fingerprint density at radius 1 is 1.38 bits per heavy atom. The summed E-state index contributed by atoms with van der Waals surface area (Å²) in [7, 11) is -2.34. The normalized spacial score (nSPS) is 12.0. The molecule has 0 unspecified atom stereocenters. The fourth-order valence-electron chi connectivity index (χ4n) is 1.51. The summed E-state index contributed by atoms with van der Waals surface area (Å²) < 4.78 is 67.8.